The van der Waals surface area contributed by atoms with Gasteiger partial charge < -0.3 is 10.1 Å². The van der Waals surface area contributed by atoms with E-state index in [-0.39, 0.29) is 18.9 Å². The first-order valence-corrected chi connectivity index (χ1v) is 6.95. The van der Waals surface area contributed by atoms with Crippen LogP contribution < -0.4 is 10.1 Å². The number of carbonyl (C=O) groups is 1. The number of hydrogen-bond acceptors (Lipinski definition) is 2. The fourth-order valence-electron chi connectivity index (χ4n) is 2.14. The van der Waals surface area contributed by atoms with E-state index in [0.29, 0.717) is 11.3 Å². The first kappa shape index (κ1) is 16.9. The van der Waals surface area contributed by atoms with Gasteiger partial charge in [-0.15, -0.1) is 0 Å². The van der Waals surface area contributed by atoms with Crippen LogP contribution in [0.4, 0.5) is 13.2 Å². The van der Waals surface area contributed by atoms with Crippen LogP contribution in [0.2, 0.25) is 0 Å². The molecule has 0 fully saturated rings. The fraction of sp³-hybridized carbons (Fsp3) is 0.235. The highest BCUT2D eigenvalue weighted by molar-refractivity contribution is 5.79. The van der Waals surface area contributed by atoms with Crippen LogP contribution in [0.3, 0.4) is 0 Å². The van der Waals surface area contributed by atoms with Crippen LogP contribution in [0.1, 0.15) is 16.7 Å². The number of para-hydroxylation sites is 1. The van der Waals surface area contributed by atoms with E-state index in [1.807, 2.05) is 0 Å². The molecule has 2 aromatic carbocycles. The van der Waals surface area contributed by atoms with Crippen molar-refractivity contribution < 1.29 is 22.7 Å². The predicted molar refractivity (Wildman–Crippen MR) is 80.0 cm³/mol. The molecular formula is C17H16F3NO2. The number of nitrogens with one attached hydrogen (secondary N) is 1. The molecular weight excluding hydrogens is 307 g/mol. The average molecular weight is 323 g/mol. The molecule has 0 aliphatic heterocycles. The molecule has 0 aliphatic carbocycles. The highest BCUT2D eigenvalue weighted by Gasteiger charge is 2.30. The Balaban J connectivity index is 1.97. The van der Waals surface area contributed by atoms with Crippen LogP contribution in [-0.2, 0) is 23.9 Å². The Hall–Kier alpha value is -2.50. The Kier molecular flexibility index (Phi) is 5.26. The van der Waals surface area contributed by atoms with Gasteiger partial charge in [-0.05, 0) is 23.8 Å². The molecule has 2 rings (SSSR count). The lowest BCUT2D eigenvalue weighted by Gasteiger charge is -2.11. The predicted octanol–water partition coefficient (Wildman–Crippen LogP) is 3.57. The largest absolute Gasteiger partial charge is 0.496 e. The standard InChI is InChI=1S/C17H16F3NO2/c1-23-15-8-3-2-6-13(15)10-16(22)21-11-12-5-4-7-14(9-12)17(18,19)20/h2-9H,10-11H2,1H3,(H,21,22). The van der Waals surface area contributed by atoms with E-state index in [1.165, 1.54) is 13.2 Å². The van der Waals surface area contributed by atoms with Gasteiger partial charge in [-0.2, -0.15) is 13.2 Å². The van der Waals surface area contributed by atoms with Crippen molar-refractivity contribution in [2.24, 2.45) is 0 Å². The summed E-state index contributed by atoms with van der Waals surface area (Å²) in [5.74, 6) is 0.314. The molecule has 1 N–H and O–H groups in total. The van der Waals surface area contributed by atoms with E-state index in [0.717, 1.165) is 17.7 Å². The van der Waals surface area contributed by atoms with Gasteiger partial charge >= 0.3 is 6.18 Å². The minimum atomic E-state index is -4.39. The summed E-state index contributed by atoms with van der Waals surface area (Å²) in [6.07, 6.45) is -4.29. The molecule has 1 amide bonds. The number of carbonyl (C=O) groups excluding carboxylic acids is 1. The van der Waals surface area contributed by atoms with Crippen LogP contribution in [0.5, 0.6) is 5.75 Å². The van der Waals surface area contributed by atoms with E-state index in [9.17, 15) is 18.0 Å². The summed E-state index contributed by atoms with van der Waals surface area (Å²) in [6, 6.07) is 12.0. The number of alkyl halides is 3. The van der Waals surface area contributed by atoms with E-state index in [1.54, 1.807) is 30.3 Å². The van der Waals surface area contributed by atoms with Gasteiger partial charge in [0.25, 0.3) is 0 Å². The van der Waals surface area contributed by atoms with Gasteiger partial charge in [0.2, 0.25) is 5.91 Å². The van der Waals surface area contributed by atoms with Crippen molar-refractivity contribution in [1.29, 1.82) is 0 Å². The van der Waals surface area contributed by atoms with Gasteiger partial charge in [-0.25, -0.2) is 0 Å². The third kappa shape index (κ3) is 4.74. The maximum atomic E-state index is 12.6. The molecule has 0 unspecified atom stereocenters. The molecule has 0 aromatic heterocycles. The van der Waals surface area contributed by atoms with E-state index in [2.05, 4.69) is 5.32 Å². The zero-order valence-corrected chi connectivity index (χ0v) is 12.5. The maximum Gasteiger partial charge on any atom is 0.416 e. The molecule has 0 saturated heterocycles. The molecule has 0 heterocycles. The fourth-order valence-corrected chi connectivity index (χ4v) is 2.14. The monoisotopic (exact) mass is 323 g/mol. The zero-order chi connectivity index (χ0) is 16.9. The number of benzene rings is 2. The topological polar surface area (TPSA) is 38.3 Å². The smallest absolute Gasteiger partial charge is 0.416 e. The molecule has 122 valence electrons. The minimum absolute atomic E-state index is 0.0396. The first-order valence-electron chi connectivity index (χ1n) is 6.95. The number of methoxy groups -OCH3 is 1. The second-order valence-corrected chi connectivity index (χ2v) is 4.96. The van der Waals surface area contributed by atoms with Crippen LogP contribution in [0.15, 0.2) is 48.5 Å². The minimum Gasteiger partial charge on any atom is -0.496 e. The van der Waals surface area contributed by atoms with Gasteiger partial charge in [0.1, 0.15) is 5.75 Å². The summed E-state index contributed by atoms with van der Waals surface area (Å²) in [5.41, 5.74) is 0.388. The molecule has 0 atom stereocenters. The number of hydrogen-bond donors (Lipinski definition) is 1. The summed E-state index contributed by atoms with van der Waals surface area (Å²) in [6.45, 7) is 0.0396. The second-order valence-electron chi connectivity index (χ2n) is 4.96. The Labute approximate surface area is 132 Å². The molecule has 3 nitrogen and oxygen atoms in total. The lowest BCUT2D eigenvalue weighted by Crippen LogP contribution is -2.25. The lowest BCUT2D eigenvalue weighted by molar-refractivity contribution is -0.137. The number of amides is 1. The molecule has 6 heteroatoms. The van der Waals surface area contributed by atoms with Gasteiger partial charge in [-0.3, -0.25) is 4.79 Å². The number of ether oxygens (including phenoxy) is 1. The Bertz CT molecular complexity index is 684. The van der Waals surface area contributed by atoms with Crippen LogP contribution in [0.25, 0.3) is 0 Å². The normalized spacial score (nSPS) is 11.1. The van der Waals surface area contributed by atoms with Crippen molar-refractivity contribution in [2.75, 3.05) is 7.11 Å². The van der Waals surface area contributed by atoms with Crippen molar-refractivity contribution in [2.45, 2.75) is 19.1 Å². The molecule has 2 aromatic rings. The molecule has 0 bridgehead atoms. The first-order chi connectivity index (χ1) is 10.9. The van der Waals surface area contributed by atoms with Crippen LogP contribution in [0, 0.1) is 0 Å². The zero-order valence-electron chi connectivity index (χ0n) is 12.5. The Morgan fingerprint density at radius 2 is 1.87 bits per heavy atom. The van der Waals surface area contributed by atoms with Crippen LogP contribution >= 0.6 is 0 Å². The van der Waals surface area contributed by atoms with Gasteiger partial charge in [0.05, 0.1) is 19.1 Å². The molecule has 0 spiro atoms. The third-order valence-corrected chi connectivity index (χ3v) is 3.29. The quantitative estimate of drug-likeness (QED) is 0.913. The van der Waals surface area contributed by atoms with Crippen molar-refractivity contribution in [3.05, 3.63) is 65.2 Å². The van der Waals surface area contributed by atoms with Gasteiger partial charge in [0.15, 0.2) is 0 Å². The maximum absolute atomic E-state index is 12.6. The molecule has 0 radical (unpaired) electrons. The van der Waals surface area contributed by atoms with Crippen molar-refractivity contribution in [3.63, 3.8) is 0 Å². The highest BCUT2D eigenvalue weighted by Crippen LogP contribution is 2.29. The van der Waals surface area contributed by atoms with E-state index < -0.39 is 11.7 Å². The van der Waals surface area contributed by atoms with Crippen molar-refractivity contribution in [3.8, 4) is 5.75 Å². The van der Waals surface area contributed by atoms with Crippen molar-refractivity contribution >= 4 is 5.91 Å². The summed E-state index contributed by atoms with van der Waals surface area (Å²) < 4.78 is 43.1. The Morgan fingerprint density at radius 1 is 1.13 bits per heavy atom. The average Bonchev–Trinajstić information content (AvgIpc) is 2.53. The summed E-state index contributed by atoms with van der Waals surface area (Å²) in [7, 11) is 1.51. The number of halogens is 3. The molecule has 0 aliphatic rings. The third-order valence-electron chi connectivity index (χ3n) is 3.29. The van der Waals surface area contributed by atoms with E-state index in [4.69, 9.17) is 4.74 Å². The summed E-state index contributed by atoms with van der Waals surface area (Å²) in [5, 5.41) is 2.62. The van der Waals surface area contributed by atoms with Crippen molar-refractivity contribution in [1.82, 2.24) is 5.32 Å². The second kappa shape index (κ2) is 7.17. The SMILES string of the molecule is COc1ccccc1CC(=O)NCc1cccc(C(F)(F)F)c1. The summed E-state index contributed by atoms with van der Waals surface area (Å²) >= 11 is 0. The van der Waals surface area contributed by atoms with Gasteiger partial charge in [0, 0.05) is 12.1 Å². The Morgan fingerprint density at radius 3 is 2.57 bits per heavy atom. The van der Waals surface area contributed by atoms with E-state index >= 15 is 0 Å². The highest BCUT2D eigenvalue weighted by atomic mass is 19.4. The van der Waals surface area contributed by atoms with Crippen LogP contribution in [-0.4, -0.2) is 13.0 Å². The molecule has 0 saturated carbocycles. The molecule has 23 heavy (non-hydrogen) atoms. The lowest BCUT2D eigenvalue weighted by atomic mass is 10.1. The van der Waals surface area contributed by atoms with Gasteiger partial charge in [-0.1, -0.05) is 30.3 Å². The summed E-state index contributed by atoms with van der Waals surface area (Å²) in [4.78, 5) is 11.9. The number of rotatable bonds is 5.